The van der Waals surface area contributed by atoms with Crippen LogP contribution in [0.25, 0.3) is 0 Å². The zero-order valence-corrected chi connectivity index (χ0v) is 23.2. The minimum absolute atomic E-state index is 0.0961. The first-order valence-corrected chi connectivity index (χ1v) is 15.0. The van der Waals surface area contributed by atoms with Gasteiger partial charge in [0.05, 0.1) is 25.2 Å². The number of amides is 2. The van der Waals surface area contributed by atoms with Crippen LogP contribution < -0.4 is 0 Å². The highest BCUT2D eigenvalue weighted by atomic mass is 16.6. The summed E-state index contributed by atoms with van der Waals surface area (Å²) in [4.78, 5) is 46.4. The zero-order chi connectivity index (χ0) is 27.9. The van der Waals surface area contributed by atoms with Crippen LogP contribution in [0.2, 0.25) is 0 Å². The van der Waals surface area contributed by atoms with Gasteiger partial charge >= 0.3 is 5.97 Å². The minimum Gasteiger partial charge on any atom is -0.465 e. The molecule has 2 saturated heterocycles. The van der Waals surface area contributed by atoms with Crippen LogP contribution in [0, 0.1) is 11.8 Å². The van der Waals surface area contributed by atoms with Crippen molar-refractivity contribution in [1.29, 1.82) is 0 Å². The van der Waals surface area contributed by atoms with Crippen molar-refractivity contribution in [3.63, 3.8) is 0 Å². The van der Waals surface area contributed by atoms with Crippen LogP contribution in [0.1, 0.15) is 57.4 Å². The summed E-state index contributed by atoms with van der Waals surface area (Å²) in [6, 6.07) is 8.15. The molecular weight excluding hydrogens is 508 g/mol. The Morgan fingerprint density at radius 1 is 1.00 bits per heavy atom. The molecule has 1 saturated carbocycles. The van der Waals surface area contributed by atoms with Gasteiger partial charge < -0.3 is 24.4 Å². The Kier molecular flexibility index (Phi) is 7.34. The van der Waals surface area contributed by atoms with Crippen LogP contribution in [0.4, 0.5) is 0 Å². The fourth-order valence-electron chi connectivity index (χ4n) is 7.94. The highest BCUT2D eigenvalue weighted by Gasteiger charge is 2.76. The van der Waals surface area contributed by atoms with Crippen molar-refractivity contribution in [2.75, 3.05) is 19.8 Å². The Bertz CT molecular complexity index is 1190. The molecular formula is C32H40N2O6. The lowest BCUT2D eigenvalue weighted by Gasteiger charge is -2.42. The molecule has 1 spiro atoms. The molecule has 4 aliphatic heterocycles. The minimum atomic E-state index is -1.34. The second kappa shape index (κ2) is 10.8. The molecule has 0 radical (unpaired) electrons. The van der Waals surface area contributed by atoms with Gasteiger partial charge in [-0.2, -0.15) is 0 Å². The SMILES string of the molecule is CC[C@@]12C=CCCOC(=O)[C@@H]1[C@H]1C(=O)N([C@@H](CO)Cc3ccccc3)C3C(=O)N(C4CCCCC4)CC=C[C@@]31O2. The van der Waals surface area contributed by atoms with Gasteiger partial charge in [-0.3, -0.25) is 14.4 Å². The van der Waals surface area contributed by atoms with E-state index in [9.17, 15) is 19.5 Å². The lowest BCUT2D eigenvalue weighted by Crippen LogP contribution is -2.60. The number of esters is 1. The number of aliphatic hydroxyl groups excluding tert-OH is 1. The van der Waals surface area contributed by atoms with Gasteiger partial charge in [0.15, 0.2) is 0 Å². The second-order valence-electron chi connectivity index (χ2n) is 11.9. The largest absolute Gasteiger partial charge is 0.465 e. The fourth-order valence-corrected chi connectivity index (χ4v) is 7.94. The predicted molar refractivity (Wildman–Crippen MR) is 148 cm³/mol. The third-order valence-electron chi connectivity index (χ3n) is 9.81. The van der Waals surface area contributed by atoms with Crippen molar-refractivity contribution in [3.05, 3.63) is 60.2 Å². The molecule has 1 unspecified atom stereocenters. The second-order valence-corrected chi connectivity index (χ2v) is 11.9. The van der Waals surface area contributed by atoms with E-state index in [4.69, 9.17) is 9.47 Å². The van der Waals surface area contributed by atoms with Gasteiger partial charge in [0, 0.05) is 12.6 Å². The molecule has 0 aromatic heterocycles. The van der Waals surface area contributed by atoms with Crippen molar-refractivity contribution < 1.29 is 29.0 Å². The summed E-state index contributed by atoms with van der Waals surface area (Å²) in [7, 11) is 0. The van der Waals surface area contributed by atoms with E-state index in [1.54, 1.807) is 4.90 Å². The number of nitrogens with zero attached hydrogens (tertiary/aromatic N) is 2. The average Bonchev–Trinajstić information content (AvgIpc) is 3.33. The van der Waals surface area contributed by atoms with Crippen LogP contribution in [0.3, 0.4) is 0 Å². The van der Waals surface area contributed by atoms with E-state index < -0.39 is 41.1 Å². The van der Waals surface area contributed by atoms with E-state index in [1.807, 2.05) is 66.5 Å². The van der Waals surface area contributed by atoms with Crippen LogP contribution >= 0.6 is 0 Å². The number of hydrogen-bond acceptors (Lipinski definition) is 6. The first-order valence-electron chi connectivity index (χ1n) is 15.0. The maximum atomic E-state index is 14.7. The van der Waals surface area contributed by atoms with Crippen molar-refractivity contribution in [2.24, 2.45) is 11.8 Å². The lowest BCUT2D eigenvalue weighted by atomic mass is 9.73. The molecule has 1 aromatic carbocycles. The number of hydrogen-bond donors (Lipinski definition) is 1. The van der Waals surface area contributed by atoms with Crippen LogP contribution in [0.15, 0.2) is 54.6 Å². The third kappa shape index (κ3) is 4.22. The number of aliphatic hydroxyl groups is 1. The normalized spacial score (nSPS) is 35.0. The molecule has 1 aromatic rings. The number of cyclic esters (lactones) is 1. The van der Waals surface area contributed by atoms with Gasteiger partial charge in [-0.25, -0.2) is 0 Å². The summed E-state index contributed by atoms with van der Waals surface area (Å²) in [6.45, 7) is 2.31. The van der Waals surface area contributed by atoms with Crippen molar-refractivity contribution in [1.82, 2.24) is 9.80 Å². The standard InChI is InChI=1S/C32H40N2O6/c1-2-31-16-9-10-19-39-30(38)26(31)25-28(36)34(24(21-35)20-22-12-5-3-6-13-22)27-29(37)33(23-14-7-4-8-15-23)18-11-17-32(25,27)40-31/h3,5-6,9,11-13,16-17,23-27,35H,2,4,7-8,10,14-15,18-21H2,1H3/t24-,25+,26+,27?,31-,32+/m1/s1. The summed E-state index contributed by atoms with van der Waals surface area (Å²) in [6.07, 6.45) is 14.3. The molecule has 6 atom stereocenters. The van der Waals surface area contributed by atoms with E-state index >= 15 is 0 Å². The molecule has 0 bridgehead atoms. The molecule has 6 rings (SSSR count). The molecule has 214 valence electrons. The third-order valence-corrected chi connectivity index (χ3v) is 9.81. The zero-order valence-electron chi connectivity index (χ0n) is 23.2. The number of fused-ring (bicyclic) bond motifs is 2. The summed E-state index contributed by atoms with van der Waals surface area (Å²) < 4.78 is 12.6. The maximum absolute atomic E-state index is 14.7. The van der Waals surface area contributed by atoms with E-state index in [0.717, 1.165) is 37.7 Å². The maximum Gasteiger partial charge on any atom is 0.313 e. The van der Waals surface area contributed by atoms with Gasteiger partial charge in [0.1, 0.15) is 23.2 Å². The fraction of sp³-hybridized carbons (Fsp3) is 0.594. The molecule has 5 aliphatic rings. The van der Waals surface area contributed by atoms with E-state index in [-0.39, 0.29) is 31.1 Å². The number of ether oxygens (including phenoxy) is 2. The highest BCUT2D eigenvalue weighted by molar-refractivity contribution is 5.99. The molecule has 1 N–H and O–H groups in total. The van der Waals surface area contributed by atoms with Gasteiger partial charge in [0.2, 0.25) is 11.8 Å². The lowest BCUT2D eigenvalue weighted by molar-refractivity contribution is -0.164. The smallest absolute Gasteiger partial charge is 0.313 e. The predicted octanol–water partition coefficient (Wildman–Crippen LogP) is 3.19. The van der Waals surface area contributed by atoms with Gasteiger partial charge in [-0.15, -0.1) is 0 Å². The molecule has 2 amide bonds. The van der Waals surface area contributed by atoms with Gasteiger partial charge in [-0.1, -0.05) is 80.8 Å². The van der Waals surface area contributed by atoms with Gasteiger partial charge in [0.25, 0.3) is 0 Å². The first-order chi connectivity index (χ1) is 19.5. The Labute approximate surface area is 236 Å². The summed E-state index contributed by atoms with van der Waals surface area (Å²) in [5.74, 6) is -2.75. The number of carbonyl (C=O) groups is 3. The number of rotatable bonds is 6. The first kappa shape index (κ1) is 27.2. The topological polar surface area (TPSA) is 96.4 Å². The highest BCUT2D eigenvalue weighted by Crippen LogP contribution is 2.58. The van der Waals surface area contributed by atoms with E-state index in [2.05, 4.69) is 0 Å². The van der Waals surface area contributed by atoms with Crippen LogP contribution in [-0.4, -0.2) is 81.8 Å². The summed E-state index contributed by atoms with van der Waals surface area (Å²) in [5, 5.41) is 10.7. The molecule has 1 aliphatic carbocycles. The molecule has 8 nitrogen and oxygen atoms in total. The Morgan fingerprint density at radius 2 is 1.77 bits per heavy atom. The van der Waals surface area contributed by atoms with Gasteiger partial charge in [-0.05, 0) is 37.7 Å². The van der Waals surface area contributed by atoms with Crippen molar-refractivity contribution in [2.45, 2.75) is 87.6 Å². The summed E-state index contributed by atoms with van der Waals surface area (Å²) in [5.41, 5.74) is -1.44. The number of carbonyl (C=O) groups excluding carboxylic acids is 3. The van der Waals surface area contributed by atoms with Crippen molar-refractivity contribution >= 4 is 17.8 Å². The van der Waals surface area contributed by atoms with Crippen molar-refractivity contribution in [3.8, 4) is 0 Å². The molecule has 4 heterocycles. The Hall–Kier alpha value is -2.97. The number of benzene rings is 1. The molecule has 3 fully saturated rings. The van der Waals surface area contributed by atoms with E-state index in [1.165, 1.54) is 0 Å². The van der Waals surface area contributed by atoms with E-state index in [0.29, 0.717) is 25.8 Å². The Morgan fingerprint density at radius 3 is 2.50 bits per heavy atom. The van der Waals surface area contributed by atoms with Crippen LogP contribution in [-0.2, 0) is 30.3 Å². The monoisotopic (exact) mass is 548 g/mol. The van der Waals surface area contributed by atoms with Crippen LogP contribution in [0.5, 0.6) is 0 Å². The molecule has 40 heavy (non-hydrogen) atoms. The average molecular weight is 549 g/mol. The summed E-state index contributed by atoms with van der Waals surface area (Å²) >= 11 is 0. The quantitative estimate of drug-likeness (QED) is 0.433. The Balaban J connectivity index is 1.48. The number of likely N-dealkylation sites (tertiary alicyclic amines) is 1. The molecule has 8 heteroatoms.